The third kappa shape index (κ3) is 2.78. The normalized spacial score (nSPS) is 12.4. The molecular formula is C20H19N3O. The lowest BCUT2D eigenvalue weighted by Crippen LogP contribution is -2.13. The van der Waals surface area contributed by atoms with Gasteiger partial charge >= 0.3 is 0 Å². The van der Waals surface area contributed by atoms with Crippen molar-refractivity contribution >= 4 is 11.0 Å². The average molecular weight is 317 g/mol. The maximum Gasteiger partial charge on any atom is 0.130 e. The number of methoxy groups -OCH3 is 1. The van der Waals surface area contributed by atoms with Crippen LogP contribution in [0.25, 0.3) is 11.0 Å². The second-order valence-corrected chi connectivity index (χ2v) is 5.84. The second-order valence-electron chi connectivity index (χ2n) is 5.84. The lowest BCUT2D eigenvalue weighted by Gasteiger charge is -2.17. The van der Waals surface area contributed by atoms with Crippen LogP contribution < -0.4 is 4.74 Å². The Balaban J connectivity index is 1.71. The van der Waals surface area contributed by atoms with Gasteiger partial charge in [-0.2, -0.15) is 0 Å². The highest BCUT2D eigenvalue weighted by Gasteiger charge is 2.18. The first kappa shape index (κ1) is 14.6. The summed E-state index contributed by atoms with van der Waals surface area (Å²) < 4.78 is 7.44. The van der Waals surface area contributed by atoms with Crippen molar-refractivity contribution in [2.45, 2.75) is 12.5 Å². The van der Waals surface area contributed by atoms with Crippen LogP contribution in [0.5, 0.6) is 5.75 Å². The van der Waals surface area contributed by atoms with Crippen molar-refractivity contribution in [1.82, 2.24) is 14.5 Å². The van der Waals surface area contributed by atoms with Gasteiger partial charge in [-0.25, -0.2) is 4.98 Å². The molecular weight excluding hydrogens is 298 g/mol. The van der Waals surface area contributed by atoms with Gasteiger partial charge in [0.25, 0.3) is 0 Å². The van der Waals surface area contributed by atoms with Crippen LogP contribution in [0.3, 0.4) is 0 Å². The number of ether oxygens (including phenoxy) is 1. The highest BCUT2D eigenvalue weighted by atomic mass is 16.5. The van der Waals surface area contributed by atoms with Crippen LogP contribution in [0.4, 0.5) is 0 Å². The van der Waals surface area contributed by atoms with E-state index in [1.54, 1.807) is 7.11 Å². The molecule has 0 saturated carbocycles. The minimum Gasteiger partial charge on any atom is -0.497 e. The summed E-state index contributed by atoms with van der Waals surface area (Å²) in [5.41, 5.74) is 3.31. The summed E-state index contributed by atoms with van der Waals surface area (Å²) in [6, 6.07) is 20.6. The summed E-state index contributed by atoms with van der Waals surface area (Å²) in [5.74, 6) is 1.85. The van der Waals surface area contributed by atoms with Crippen molar-refractivity contribution in [3.05, 3.63) is 84.4 Å². The molecule has 0 spiro atoms. The molecule has 0 bridgehead atoms. The molecule has 0 saturated heterocycles. The summed E-state index contributed by atoms with van der Waals surface area (Å²) in [6.07, 6.45) is 5.03. The molecule has 0 aliphatic carbocycles. The van der Waals surface area contributed by atoms with Gasteiger partial charge in [0.05, 0.1) is 24.2 Å². The Labute approximate surface area is 140 Å². The quantitative estimate of drug-likeness (QED) is 0.599. The second kappa shape index (κ2) is 6.24. The Bertz CT molecular complexity index is 890. The van der Waals surface area contributed by atoms with E-state index in [1.807, 2.05) is 42.5 Å². The molecule has 24 heavy (non-hydrogen) atoms. The number of fused-ring (bicyclic) bond motifs is 1. The Morgan fingerprint density at radius 3 is 2.46 bits per heavy atom. The van der Waals surface area contributed by atoms with Crippen LogP contribution >= 0.6 is 0 Å². The number of aromatic amines is 1. The van der Waals surface area contributed by atoms with Crippen molar-refractivity contribution in [3.8, 4) is 5.75 Å². The number of hydrogen-bond donors (Lipinski definition) is 1. The van der Waals surface area contributed by atoms with Gasteiger partial charge in [-0.05, 0) is 42.0 Å². The minimum atomic E-state index is 0.126. The fraction of sp³-hybridized carbons (Fsp3) is 0.150. The summed E-state index contributed by atoms with van der Waals surface area (Å²) >= 11 is 0. The smallest absolute Gasteiger partial charge is 0.130 e. The number of hydrogen-bond acceptors (Lipinski definition) is 2. The molecule has 120 valence electrons. The zero-order valence-electron chi connectivity index (χ0n) is 13.5. The number of rotatable bonds is 5. The lowest BCUT2D eigenvalue weighted by molar-refractivity contribution is 0.414. The number of imidazole rings is 1. The molecule has 4 rings (SSSR count). The average Bonchev–Trinajstić information content (AvgIpc) is 3.29. The number of aromatic nitrogens is 3. The molecule has 0 fully saturated rings. The van der Waals surface area contributed by atoms with Gasteiger partial charge in [-0.1, -0.05) is 24.3 Å². The van der Waals surface area contributed by atoms with Gasteiger partial charge in [-0.15, -0.1) is 0 Å². The van der Waals surface area contributed by atoms with Crippen molar-refractivity contribution < 1.29 is 4.74 Å². The third-order valence-electron chi connectivity index (χ3n) is 4.30. The molecule has 0 radical (unpaired) electrons. The molecule has 2 aromatic heterocycles. The number of benzene rings is 2. The van der Waals surface area contributed by atoms with Crippen LogP contribution in [0.15, 0.2) is 73.1 Å². The first-order valence-corrected chi connectivity index (χ1v) is 8.03. The molecule has 4 aromatic rings. The highest BCUT2D eigenvalue weighted by Crippen LogP contribution is 2.24. The van der Waals surface area contributed by atoms with Crippen LogP contribution in [-0.2, 0) is 6.42 Å². The maximum absolute atomic E-state index is 5.25. The van der Waals surface area contributed by atoms with Crippen molar-refractivity contribution in [2.75, 3.05) is 7.11 Å². The Hall–Kier alpha value is -3.01. The van der Waals surface area contributed by atoms with Crippen molar-refractivity contribution in [3.63, 3.8) is 0 Å². The Morgan fingerprint density at radius 1 is 1.00 bits per heavy atom. The predicted molar refractivity (Wildman–Crippen MR) is 95.4 cm³/mol. The Morgan fingerprint density at radius 2 is 1.75 bits per heavy atom. The number of nitrogens with zero attached hydrogens (tertiary/aromatic N) is 2. The zero-order valence-corrected chi connectivity index (χ0v) is 13.5. The molecule has 4 nitrogen and oxygen atoms in total. The van der Waals surface area contributed by atoms with Crippen molar-refractivity contribution in [1.29, 1.82) is 0 Å². The molecule has 1 atom stereocenters. The molecule has 2 aromatic carbocycles. The Kier molecular flexibility index (Phi) is 3.79. The first-order valence-electron chi connectivity index (χ1n) is 8.03. The van der Waals surface area contributed by atoms with E-state index < -0.39 is 0 Å². The molecule has 0 aliphatic heterocycles. The van der Waals surface area contributed by atoms with Crippen molar-refractivity contribution in [2.24, 2.45) is 0 Å². The van der Waals surface area contributed by atoms with Gasteiger partial charge in [0.1, 0.15) is 11.6 Å². The van der Waals surface area contributed by atoms with Crippen LogP contribution in [0.2, 0.25) is 0 Å². The van der Waals surface area contributed by atoms with Gasteiger partial charge in [-0.3, -0.25) is 0 Å². The van der Waals surface area contributed by atoms with Gasteiger partial charge in [0, 0.05) is 18.8 Å². The topological polar surface area (TPSA) is 42.8 Å². The van der Waals surface area contributed by atoms with Crippen LogP contribution in [0.1, 0.15) is 17.4 Å². The van der Waals surface area contributed by atoms with Gasteiger partial charge in [0.15, 0.2) is 0 Å². The largest absolute Gasteiger partial charge is 0.497 e. The molecule has 0 aliphatic rings. The summed E-state index contributed by atoms with van der Waals surface area (Å²) in [4.78, 5) is 8.27. The SMILES string of the molecule is COc1ccc(C[C@H](c2nc3ccccc3[nH]2)n2cccc2)cc1. The van der Waals surface area contributed by atoms with Crippen LogP contribution in [0, 0.1) is 0 Å². The molecule has 1 N–H and O–H groups in total. The van der Waals surface area contributed by atoms with Gasteiger partial charge < -0.3 is 14.3 Å². The number of para-hydroxylation sites is 2. The standard InChI is InChI=1S/C20H19N3O/c1-24-16-10-8-15(9-11-16)14-19(23-12-4-5-13-23)20-21-17-6-2-3-7-18(17)22-20/h2-13,19H,14H2,1H3,(H,21,22)/t19-/m1/s1. The van der Waals surface area contributed by atoms with E-state index >= 15 is 0 Å². The monoisotopic (exact) mass is 317 g/mol. The molecule has 0 amide bonds. The van der Waals surface area contributed by atoms with E-state index in [2.05, 4.69) is 40.1 Å². The van der Waals surface area contributed by atoms with E-state index in [1.165, 1.54) is 5.56 Å². The first-order chi connectivity index (χ1) is 11.8. The molecule has 2 heterocycles. The summed E-state index contributed by atoms with van der Waals surface area (Å²) in [6.45, 7) is 0. The van der Waals surface area contributed by atoms with E-state index in [9.17, 15) is 0 Å². The predicted octanol–water partition coefficient (Wildman–Crippen LogP) is 4.21. The maximum atomic E-state index is 5.25. The fourth-order valence-electron chi connectivity index (χ4n) is 3.01. The lowest BCUT2D eigenvalue weighted by atomic mass is 10.1. The fourth-order valence-corrected chi connectivity index (χ4v) is 3.01. The molecule has 4 heteroatoms. The highest BCUT2D eigenvalue weighted by molar-refractivity contribution is 5.74. The van der Waals surface area contributed by atoms with Crippen LogP contribution in [-0.4, -0.2) is 21.6 Å². The summed E-state index contributed by atoms with van der Waals surface area (Å²) in [7, 11) is 1.69. The number of nitrogens with one attached hydrogen (secondary N) is 1. The number of H-pyrrole nitrogens is 1. The van der Waals surface area contributed by atoms with E-state index in [4.69, 9.17) is 9.72 Å². The van der Waals surface area contributed by atoms with Gasteiger partial charge in [0.2, 0.25) is 0 Å². The molecule has 0 unspecified atom stereocenters. The third-order valence-corrected chi connectivity index (χ3v) is 4.30. The van der Waals surface area contributed by atoms with E-state index in [0.29, 0.717) is 0 Å². The van der Waals surface area contributed by atoms with E-state index in [-0.39, 0.29) is 6.04 Å². The summed E-state index contributed by atoms with van der Waals surface area (Å²) in [5, 5.41) is 0. The van der Waals surface area contributed by atoms with E-state index in [0.717, 1.165) is 29.0 Å². The minimum absolute atomic E-state index is 0.126. The zero-order chi connectivity index (χ0) is 16.4.